The van der Waals surface area contributed by atoms with Crippen LogP contribution in [0.3, 0.4) is 0 Å². The van der Waals surface area contributed by atoms with Gasteiger partial charge in [0.25, 0.3) is 0 Å². The number of fused-ring (bicyclic) bond motifs is 1. The van der Waals surface area contributed by atoms with Crippen LogP contribution in [-0.4, -0.2) is 37.0 Å². The summed E-state index contributed by atoms with van der Waals surface area (Å²) in [4.78, 5) is 13.9. The summed E-state index contributed by atoms with van der Waals surface area (Å²) < 4.78 is 5.82. The molecule has 1 N–H and O–H groups in total. The van der Waals surface area contributed by atoms with E-state index in [-0.39, 0.29) is 5.91 Å². The molecule has 0 unspecified atom stereocenters. The zero-order valence-electron chi connectivity index (χ0n) is 11.9. The summed E-state index contributed by atoms with van der Waals surface area (Å²) in [6, 6.07) is 6.01. The lowest BCUT2D eigenvalue weighted by molar-refractivity contribution is -0.116. The maximum atomic E-state index is 11.4. The van der Waals surface area contributed by atoms with Crippen LogP contribution in [0.2, 0.25) is 0 Å². The first kappa shape index (κ1) is 13.4. The fraction of sp³-hybridized carbons (Fsp3) is 0.562. The first-order valence-electron chi connectivity index (χ1n) is 7.59. The van der Waals surface area contributed by atoms with Gasteiger partial charge in [-0.05, 0) is 44.0 Å². The lowest BCUT2D eigenvalue weighted by Gasteiger charge is -2.26. The minimum atomic E-state index is 0.1000. The third-order valence-corrected chi connectivity index (χ3v) is 4.10. The molecule has 1 saturated heterocycles. The van der Waals surface area contributed by atoms with Crippen molar-refractivity contribution in [2.45, 2.75) is 32.1 Å². The fourth-order valence-corrected chi connectivity index (χ4v) is 2.92. The predicted molar refractivity (Wildman–Crippen MR) is 79.2 cm³/mol. The number of hydrogen-bond acceptors (Lipinski definition) is 3. The first-order chi connectivity index (χ1) is 9.81. The van der Waals surface area contributed by atoms with Crippen LogP contribution in [0, 0.1) is 0 Å². The standard InChI is InChI=1S/C16H22N2O2/c19-16-7-5-13-4-6-14(12-15(13)17-16)20-11-10-18-8-2-1-3-9-18/h4,6,12H,1-3,5,7-11H2,(H,17,19). The van der Waals surface area contributed by atoms with E-state index in [1.165, 1.54) is 37.9 Å². The summed E-state index contributed by atoms with van der Waals surface area (Å²) >= 11 is 0. The summed E-state index contributed by atoms with van der Waals surface area (Å²) in [5, 5.41) is 2.91. The number of ether oxygens (including phenoxy) is 1. The number of carbonyl (C=O) groups excluding carboxylic acids is 1. The third-order valence-electron chi connectivity index (χ3n) is 4.10. The zero-order valence-corrected chi connectivity index (χ0v) is 11.9. The normalized spacial score (nSPS) is 19.3. The van der Waals surface area contributed by atoms with E-state index in [9.17, 15) is 4.79 Å². The number of amides is 1. The maximum Gasteiger partial charge on any atom is 0.224 e. The van der Waals surface area contributed by atoms with E-state index in [1.807, 2.05) is 12.1 Å². The van der Waals surface area contributed by atoms with Crippen LogP contribution in [0.1, 0.15) is 31.2 Å². The molecule has 0 radical (unpaired) electrons. The monoisotopic (exact) mass is 274 g/mol. The second kappa shape index (κ2) is 6.27. The van der Waals surface area contributed by atoms with E-state index < -0.39 is 0 Å². The van der Waals surface area contributed by atoms with Gasteiger partial charge in [0.05, 0.1) is 0 Å². The molecule has 1 fully saturated rings. The van der Waals surface area contributed by atoms with Crippen LogP contribution in [0.15, 0.2) is 18.2 Å². The second-order valence-electron chi connectivity index (χ2n) is 5.62. The maximum absolute atomic E-state index is 11.4. The fourth-order valence-electron chi connectivity index (χ4n) is 2.92. The van der Waals surface area contributed by atoms with Crippen molar-refractivity contribution >= 4 is 11.6 Å². The Kier molecular flexibility index (Phi) is 4.21. The molecule has 20 heavy (non-hydrogen) atoms. The van der Waals surface area contributed by atoms with E-state index in [1.54, 1.807) is 0 Å². The van der Waals surface area contributed by atoms with E-state index in [0.717, 1.165) is 24.4 Å². The van der Waals surface area contributed by atoms with Crippen LogP contribution < -0.4 is 10.1 Å². The summed E-state index contributed by atoms with van der Waals surface area (Å²) in [7, 11) is 0. The van der Waals surface area contributed by atoms with Gasteiger partial charge >= 0.3 is 0 Å². The molecule has 2 aliphatic rings. The van der Waals surface area contributed by atoms with Crippen LogP contribution in [0.25, 0.3) is 0 Å². The van der Waals surface area contributed by atoms with Crippen LogP contribution in [0.4, 0.5) is 5.69 Å². The van der Waals surface area contributed by atoms with E-state index in [4.69, 9.17) is 4.74 Å². The number of likely N-dealkylation sites (tertiary alicyclic amines) is 1. The molecule has 4 heteroatoms. The Hall–Kier alpha value is -1.55. The second-order valence-corrected chi connectivity index (χ2v) is 5.62. The number of anilines is 1. The lowest BCUT2D eigenvalue weighted by Crippen LogP contribution is -2.33. The van der Waals surface area contributed by atoms with Crippen molar-refractivity contribution in [3.63, 3.8) is 0 Å². The predicted octanol–water partition coefficient (Wildman–Crippen LogP) is 2.44. The molecular weight excluding hydrogens is 252 g/mol. The van der Waals surface area contributed by atoms with Crippen molar-refractivity contribution < 1.29 is 9.53 Å². The van der Waals surface area contributed by atoms with Crippen molar-refractivity contribution in [2.24, 2.45) is 0 Å². The highest BCUT2D eigenvalue weighted by atomic mass is 16.5. The summed E-state index contributed by atoms with van der Waals surface area (Å²) in [5.41, 5.74) is 2.12. The molecule has 0 bridgehead atoms. The van der Waals surface area contributed by atoms with Crippen molar-refractivity contribution in [3.05, 3.63) is 23.8 Å². The number of carbonyl (C=O) groups is 1. The van der Waals surface area contributed by atoms with Gasteiger partial charge in [0.1, 0.15) is 12.4 Å². The molecule has 1 amide bonds. The minimum Gasteiger partial charge on any atom is -0.492 e. The Morgan fingerprint density at radius 3 is 2.85 bits per heavy atom. The highest BCUT2D eigenvalue weighted by Gasteiger charge is 2.15. The molecule has 0 atom stereocenters. The van der Waals surface area contributed by atoms with Gasteiger partial charge in [-0.3, -0.25) is 9.69 Å². The zero-order chi connectivity index (χ0) is 13.8. The van der Waals surface area contributed by atoms with Crippen molar-refractivity contribution in [2.75, 3.05) is 31.6 Å². The Morgan fingerprint density at radius 1 is 1.15 bits per heavy atom. The molecule has 4 nitrogen and oxygen atoms in total. The highest BCUT2D eigenvalue weighted by molar-refractivity contribution is 5.94. The van der Waals surface area contributed by atoms with Gasteiger partial charge in [-0.25, -0.2) is 0 Å². The first-order valence-corrected chi connectivity index (χ1v) is 7.59. The van der Waals surface area contributed by atoms with E-state index in [0.29, 0.717) is 13.0 Å². The summed E-state index contributed by atoms with van der Waals surface area (Å²) in [6.45, 7) is 4.10. The lowest BCUT2D eigenvalue weighted by atomic mass is 10.0. The molecule has 0 saturated carbocycles. The van der Waals surface area contributed by atoms with Gasteiger partial charge in [0.15, 0.2) is 0 Å². The molecule has 0 aromatic heterocycles. The molecular formula is C16H22N2O2. The molecule has 2 aliphatic heterocycles. The van der Waals surface area contributed by atoms with E-state index in [2.05, 4.69) is 16.3 Å². The molecule has 2 heterocycles. The largest absolute Gasteiger partial charge is 0.492 e. The highest BCUT2D eigenvalue weighted by Crippen LogP contribution is 2.27. The number of piperidine rings is 1. The Balaban J connectivity index is 1.52. The molecule has 3 rings (SSSR count). The molecule has 1 aromatic rings. The molecule has 0 spiro atoms. The van der Waals surface area contributed by atoms with Gasteiger partial charge < -0.3 is 10.1 Å². The van der Waals surface area contributed by atoms with Crippen molar-refractivity contribution in [1.29, 1.82) is 0 Å². The SMILES string of the molecule is O=C1CCc2ccc(OCCN3CCCCC3)cc2N1. The number of benzene rings is 1. The van der Waals surface area contributed by atoms with Gasteiger partial charge in [0, 0.05) is 24.7 Å². The van der Waals surface area contributed by atoms with Gasteiger partial charge in [-0.1, -0.05) is 12.5 Å². The Bertz CT molecular complexity index is 481. The molecule has 108 valence electrons. The summed E-state index contributed by atoms with van der Waals surface area (Å²) in [5.74, 6) is 0.950. The Labute approximate surface area is 120 Å². The van der Waals surface area contributed by atoms with Crippen molar-refractivity contribution in [1.82, 2.24) is 4.90 Å². The number of rotatable bonds is 4. The summed E-state index contributed by atoms with van der Waals surface area (Å²) in [6.07, 6.45) is 5.40. The number of nitrogens with zero attached hydrogens (tertiary/aromatic N) is 1. The van der Waals surface area contributed by atoms with Gasteiger partial charge in [-0.15, -0.1) is 0 Å². The van der Waals surface area contributed by atoms with E-state index >= 15 is 0 Å². The van der Waals surface area contributed by atoms with Gasteiger partial charge in [-0.2, -0.15) is 0 Å². The number of hydrogen-bond donors (Lipinski definition) is 1. The smallest absolute Gasteiger partial charge is 0.224 e. The topological polar surface area (TPSA) is 41.6 Å². The molecule has 1 aromatic carbocycles. The number of aryl methyl sites for hydroxylation is 1. The van der Waals surface area contributed by atoms with Crippen molar-refractivity contribution in [3.8, 4) is 5.75 Å². The average molecular weight is 274 g/mol. The van der Waals surface area contributed by atoms with Gasteiger partial charge in [0.2, 0.25) is 5.91 Å². The molecule has 0 aliphatic carbocycles. The third kappa shape index (κ3) is 3.31. The van der Waals surface area contributed by atoms with Crippen LogP contribution >= 0.6 is 0 Å². The minimum absolute atomic E-state index is 0.1000. The quantitative estimate of drug-likeness (QED) is 0.917. The number of nitrogens with one attached hydrogen (secondary N) is 1. The average Bonchev–Trinajstić information content (AvgIpc) is 2.48. The van der Waals surface area contributed by atoms with Crippen LogP contribution in [0.5, 0.6) is 5.75 Å². The Morgan fingerprint density at radius 2 is 2.00 bits per heavy atom. The van der Waals surface area contributed by atoms with Crippen LogP contribution in [-0.2, 0) is 11.2 Å².